The number of anilines is 1. The summed E-state index contributed by atoms with van der Waals surface area (Å²) in [5.74, 6) is -0.127. The Labute approximate surface area is 171 Å². The van der Waals surface area contributed by atoms with Gasteiger partial charge in [-0.05, 0) is 59.9 Å². The molecule has 3 nitrogen and oxygen atoms in total. The number of nitrogens with one attached hydrogen (secondary N) is 1. The van der Waals surface area contributed by atoms with Gasteiger partial charge < -0.3 is 5.32 Å². The van der Waals surface area contributed by atoms with Crippen molar-refractivity contribution in [3.63, 3.8) is 0 Å². The topological polar surface area (TPSA) is 32.3 Å². The Hall–Kier alpha value is -2.62. The third kappa shape index (κ3) is 4.27. The summed E-state index contributed by atoms with van der Waals surface area (Å²) in [7, 11) is 0. The average Bonchev–Trinajstić information content (AvgIpc) is 2.71. The number of benzene rings is 3. The lowest BCUT2D eigenvalue weighted by Gasteiger charge is -2.28. The van der Waals surface area contributed by atoms with Gasteiger partial charge in [0.2, 0.25) is 0 Å². The first-order valence-electron chi connectivity index (χ1n) is 9.54. The fraction of sp³-hybridized carbons (Fsp3) is 0.208. The molecule has 1 aliphatic rings. The summed E-state index contributed by atoms with van der Waals surface area (Å²) in [4.78, 5) is 14.9. The van der Waals surface area contributed by atoms with E-state index in [0.29, 0.717) is 16.3 Å². The molecule has 1 amide bonds. The van der Waals surface area contributed by atoms with Crippen molar-refractivity contribution in [3.05, 3.63) is 99.6 Å². The van der Waals surface area contributed by atoms with Crippen molar-refractivity contribution in [2.24, 2.45) is 0 Å². The number of fused-ring (bicyclic) bond motifs is 1. The maximum absolute atomic E-state index is 12.5. The second kappa shape index (κ2) is 8.17. The van der Waals surface area contributed by atoms with Crippen LogP contribution in [0.25, 0.3) is 0 Å². The molecular formula is C24H23ClN2O. The number of hydrogen-bond donors (Lipinski definition) is 1. The Morgan fingerprint density at radius 1 is 1.04 bits per heavy atom. The van der Waals surface area contributed by atoms with Crippen molar-refractivity contribution >= 4 is 23.2 Å². The van der Waals surface area contributed by atoms with Crippen LogP contribution in [0.5, 0.6) is 0 Å². The maximum atomic E-state index is 12.5. The van der Waals surface area contributed by atoms with Crippen molar-refractivity contribution < 1.29 is 4.79 Å². The largest absolute Gasteiger partial charge is 0.322 e. The van der Waals surface area contributed by atoms with E-state index >= 15 is 0 Å². The van der Waals surface area contributed by atoms with Gasteiger partial charge in [0.25, 0.3) is 5.91 Å². The van der Waals surface area contributed by atoms with Crippen molar-refractivity contribution in [2.75, 3.05) is 11.9 Å². The number of aryl methyl sites for hydroxylation is 1. The summed E-state index contributed by atoms with van der Waals surface area (Å²) in [6.45, 7) is 4.87. The van der Waals surface area contributed by atoms with Crippen molar-refractivity contribution in [1.82, 2.24) is 4.90 Å². The highest BCUT2D eigenvalue weighted by Gasteiger charge is 2.16. The molecule has 3 aromatic carbocycles. The predicted molar refractivity (Wildman–Crippen MR) is 115 cm³/mol. The molecule has 1 aliphatic heterocycles. The normalized spacial score (nSPS) is 13.8. The minimum absolute atomic E-state index is 0.127. The van der Waals surface area contributed by atoms with Crippen LogP contribution in [-0.4, -0.2) is 17.4 Å². The SMILES string of the molecule is Cc1ccc(NC(=O)c2ccc(CN3CCc4ccccc4C3)cc2)cc1Cl. The highest BCUT2D eigenvalue weighted by molar-refractivity contribution is 6.31. The lowest BCUT2D eigenvalue weighted by molar-refractivity contribution is 0.102. The smallest absolute Gasteiger partial charge is 0.255 e. The quantitative estimate of drug-likeness (QED) is 0.641. The Bertz CT molecular complexity index is 998. The summed E-state index contributed by atoms with van der Waals surface area (Å²) in [6, 6.07) is 22.1. The molecule has 0 aromatic heterocycles. The van der Waals surface area contributed by atoms with E-state index in [-0.39, 0.29) is 5.91 Å². The van der Waals surface area contributed by atoms with Crippen LogP contribution in [0.1, 0.15) is 32.6 Å². The molecule has 0 radical (unpaired) electrons. The molecule has 0 fully saturated rings. The summed E-state index contributed by atoms with van der Waals surface area (Å²) >= 11 is 6.13. The minimum Gasteiger partial charge on any atom is -0.322 e. The molecule has 0 unspecified atom stereocenters. The van der Waals surface area contributed by atoms with Crippen molar-refractivity contribution in [2.45, 2.75) is 26.4 Å². The van der Waals surface area contributed by atoms with E-state index in [1.807, 2.05) is 43.3 Å². The van der Waals surface area contributed by atoms with Gasteiger partial charge in [0.15, 0.2) is 0 Å². The molecule has 0 saturated heterocycles. The molecule has 1 heterocycles. The summed E-state index contributed by atoms with van der Waals surface area (Å²) in [5, 5.41) is 3.55. The molecule has 0 aliphatic carbocycles. The van der Waals surface area contributed by atoms with Crippen LogP contribution in [0.4, 0.5) is 5.69 Å². The number of amides is 1. The zero-order valence-electron chi connectivity index (χ0n) is 15.9. The van der Waals surface area contributed by atoms with Gasteiger partial charge in [-0.1, -0.05) is 54.1 Å². The number of hydrogen-bond acceptors (Lipinski definition) is 2. The summed E-state index contributed by atoms with van der Waals surface area (Å²) in [5.41, 5.74) is 6.43. The fourth-order valence-electron chi connectivity index (χ4n) is 3.58. The van der Waals surface area contributed by atoms with Gasteiger partial charge >= 0.3 is 0 Å². The number of halogens is 1. The van der Waals surface area contributed by atoms with Gasteiger partial charge in [0.05, 0.1) is 0 Å². The Kier molecular flexibility index (Phi) is 5.47. The van der Waals surface area contributed by atoms with E-state index in [2.05, 4.69) is 34.5 Å². The maximum Gasteiger partial charge on any atom is 0.255 e. The van der Waals surface area contributed by atoms with Gasteiger partial charge in [-0.15, -0.1) is 0 Å². The van der Waals surface area contributed by atoms with Crippen molar-refractivity contribution in [3.8, 4) is 0 Å². The zero-order valence-corrected chi connectivity index (χ0v) is 16.7. The van der Waals surface area contributed by atoms with Gasteiger partial charge in [0.1, 0.15) is 0 Å². The van der Waals surface area contributed by atoms with Crippen molar-refractivity contribution in [1.29, 1.82) is 0 Å². The second-order valence-electron chi connectivity index (χ2n) is 7.34. The molecule has 0 spiro atoms. The van der Waals surface area contributed by atoms with E-state index in [4.69, 9.17) is 11.6 Å². The van der Waals surface area contributed by atoms with E-state index < -0.39 is 0 Å². The van der Waals surface area contributed by atoms with Crippen LogP contribution in [0.15, 0.2) is 66.7 Å². The summed E-state index contributed by atoms with van der Waals surface area (Å²) in [6.07, 6.45) is 1.09. The third-order valence-corrected chi connectivity index (χ3v) is 5.67. The van der Waals surface area contributed by atoms with Gasteiger partial charge in [-0.25, -0.2) is 0 Å². The lowest BCUT2D eigenvalue weighted by atomic mass is 9.99. The van der Waals surface area contributed by atoms with Gasteiger partial charge in [0, 0.05) is 35.9 Å². The van der Waals surface area contributed by atoms with E-state index in [9.17, 15) is 4.79 Å². The van der Waals surface area contributed by atoms with Crippen LogP contribution in [0.2, 0.25) is 5.02 Å². The molecule has 4 heteroatoms. The van der Waals surface area contributed by atoms with Gasteiger partial charge in [-0.3, -0.25) is 9.69 Å². The van der Waals surface area contributed by atoms with Crippen LogP contribution < -0.4 is 5.32 Å². The summed E-state index contributed by atoms with van der Waals surface area (Å²) < 4.78 is 0. The van der Waals surface area contributed by atoms with E-state index in [1.54, 1.807) is 6.07 Å². The van der Waals surface area contributed by atoms with Crippen LogP contribution in [0, 0.1) is 6.92 Å². The third-order valence-electron chi connectivity index (χ3n) is 5.26. The van der Waals surface area contributed by atoms with E-state index in [1.165, 1.54) is 16.7 Å². The van der Waals surface area contributed by atoms with Crippen LogP contribution in [0.3, 0.4) is 0 Å². The first kappa shape index (κ1) is 18.7. The molecule has 142 valence electrons. The Balaban J connectivity index is 1.38. The molecule has 0 atom stereocenters. The lowest BCUT2D eigenvalue weighted by Crippen LogP contribution is -2.29. The highest BCUT2D eigenvalue weighted by Crippen LogP contribution is 2.22. The molecule has 0 bridgehead atoms. The predicted octanol–water partition coefficient (Wildman–Crippen LogP) is 5.46. The molecular weight excluding hydrogens is 368 g/mol. The standard InChI is InChI=1S/C24H23ClN2O/c1-17-6-11-22(14-23(17)25)26-24(28)20-9-7-18(8-10-20)15-27-13-12-19-4-2-3-5-21(19)16-27/h2-11,14H,12-13,15-16H2,1H3,(H,26,28). The number of carbonyl (C=O) groups is 1. The monoisotopic (exact) mass is 390 g/mol. The number of rotatable bonds is 4. The Morgan fingerprint density at radius 2 is 1.79 bits per heavy atom. The van der Waals surface area contributed by atoms with Gasteiger partial charge in [-0.2, -0.15) is 0 Å². The molecule has 1 N–H and O–H groups in total. The fourth-order valence-corrected chi connectivity index (χ4v) is 3.76. The zero-order chi connectivity index (χ0) is 19.5. The van der Waals surface area contributed by atoms with Crippen LogP contribution in [-0.2, 0) is 19.5 Å². The molecule has 4 rings (SSSR count). The Morgan fingerprint density at radius 3 is 2.54 bits per heavy atom. The second-order valence-corrected chi connectivity index (χ2v) is 7.75. The molecule has 3 aromatic rings. The number of carbonyl (C=O) groups excluding carboxylic acids is 1. The minimum atomic E-state index is -0.127. The highest BCUT2D eigenvalue weighted by atomic mass is 35.5. The van der Waals surface area contributed by atoms with E-state index in [0.717, 1.165) is 31.6 Å². The molecule has 28 heavy (non-hydrogen) atoms. The number of nitrogens with zero attached hydrogens (tertiary/aromatic N) is 1. The van der Waals surface area contributed by atoms with Crippen LogP contribution >= 0.6 is 11.6 Å². The first-order valence-corrected chi connectivity index (χ1v) is 9.92. The first-order chi connectivity index (χ1) is 13.6. The average molecular weight is 391 g/mol. The molecule has 0 saturated carbocycles.